The second kappa shape index (κ2) is 7.07. The number of fused-ring (bicyclic) bond motifs is 1. The molecule has 0 aliphatic carbocycles. The van der Waals surface area contributed by atoms with Gasteiger partial charge in [-0.2, -0.15) is 4.31 Å². The number of benzene rings is 2. The van der Waals surface area contributed by atoms with Gasteiger partial charge in [-0.05, 0) is 49.1 Å². The van der Waals surface area contributed by atoms with Crippen molar-refractivity contribution in [3.8, 4) is 5.75 Å². The minimum absolute atomic E-state index is 0.158. The SMILES string of the molecule is COc1ccc(C2c3ccccc3CCN2S(=O)(=O)c2c(C)noc2C)cc1. The first-order valence-corrected chi connectivity index (χ1v) is 10.5. The number of nitrogens with zero attached hydrogens (tertiary/aromatic N) is 2. The van der Waals surface area contributed by atoms with Crippen LogP contribution in [0, 0.1) is 13.8 Å². The van der Waals surface area contributed by atoms with Crippen molar-refractivity contribution in [2.45, 2.75) is 31.2 Å². The first kappa shape index (κ1) is 18.7. The molecule has 0 amide bonds. The van der Waals surface area contributed by atoms with E-state index in [-0.39, 0.29) is 4.90 Å². The Hall–Kier alpha value is -2.64. The average Bonchev–Trinajstić information content (AvgIpc) is 3.06. The van der Waals surface area contributed by atoms with E-state index in [2.05, 4.69) is 11.2 Å². The third kappa shape index (κ3) is 3.00. The van der Waals surface area contributed by atoms with Crippen molar-refractivity contribution in [1.29, 1.82) is 0 Å². The summed E-state index contributed by atoms with van der Waals surface area (Å²) < 4.78 is 39.2. The van der Waals surface area contributed by atoms with Crippen molar-refractivity contribution in [1.82, 2.24) is 9.46 Å². The zero-order valence-electron chi connectivity index (χ0n) is 16.0. The fraction of sp³-hybridized carbons (Fsp3) is 0.286. The predicted molar refractivity (Wildman–Crippen MR) is 105 cm³/mol. The summed E-state index contributed by atoms with van der Waals surface area (Å²) >= 11 is 0. The van der Waals surface area contributed by atoms with Gasteiger partial charge in [-0.1, -0.05) is 41.6 Å². The van der Waals surface area contributed by atoms with Crippen LogP contribution in [0.4, 0.5) is 0 Å². The monoisotopic (exact) mass is 398 g/mol. The summed E-state index contributed by atoms with van der Waals surface area (Å²) in [7, 11) is -2.18. The van der Waals surface area contributed by atoms with Gasteiger partial charge in [0.1, 0.15) is 16.3 Å². The molecule has 146 valence electrons. The second-order valence-corrected chi connectivity index (χ2v) is 8.72. The van der Waals surface area contributed by atoms with Crippen LogP contribution < -0.4 is 4.74 Å². The van der Waals surface area contributed by atoms with E-state index in [1.807, 2.05) is 42.5 Å². The largest absolute Gasteiger partial charge is 0.497 e. The summed E-state index contributed by atoms with van der Waals surface area (Å²) in [6.45, 7) is 3.68. The Morgan fingerprint density at radius 3 is 2.46 bits per heavy atom. The molecule has 6 nitrogen and oxygen atoms in total. The highest BCUT2D eigenvalue weighted by molar-refractivity contribution is 7.89. The molecule has 0 saturated carbocycles. The quantitative estimate of drug-likeness (QED) is 0.671. The molecule has 3 aromatic rings. The van der Waals surface area contributed by atoms with Gasteiger partial charge >= 0.3 is 0 Å². The van der Waals surface area contributed by atoms with Crippen molar-refractivity contribution in [3.63, 3.8) is 0 Å². The second-order valence-electron chi connectivity index (χ2n) is 6.89. The van der Waals surface area contributed by atoms with E-state index < -0.39 is 16.1 Å². The molecule has 1 unspecified atom stereocenters. The maximum absolute atomic E-state index is 13.6. The molecule has 1 aliphatic heterocycles. The molecule has 2 heterocycles. The number of sulfonamides is 1. The topological polar surface area (TPSA) is 72.6 Å². The van der Waals surface area contributed by atoms with E-state index in [1.165, 1.54) is 0 Å². The van der Waals surface area contributed by atoms with E-state index >= 15 is 0 Å². The number of hydrogen-bond donors (Lipinski definition) is 0. The molecule has 2 aromatic carbocycles. The zero-order valence-corrected chi connectivity index (χ0v) is 16.9. The molecule has 1 atom stereocenters. The first-order valence-electron chi connectivity index (χ1n) is 9.10. The van der Waals surface area contributed by atoms with Crippen LogP contribution in [0.2, 0.25) is 0 Å². The summed E-state index contributed by atoms with van der Waals surface area (Å²) in [5, 5.41) is 3.84. The van der Waals surface area contributed by atoms with Crippen LogP contribution in [0.15, 0.2) is 57.9 Å². The summed E-state index contributed by atoms with van der Waals surface area (Å²) in [5.41, 5.74) is 3.43. The Labute approximate surface area is 164 Å². The van der Waals surface area contributed by atoms with Crippen LogP contribution in [0.3, 0.4) is 0 Å². The van der Waals surface area contributed by atoms with Crippen LogP contribution in [0.25, 0.3) is 0 Å². The molecule has 1 aromatic heterocycles. The molecule has 0 spiro atoms. The number of hydrogen-bond acceptors (Lipinski definition) is 5. The Morgan fingerprint density at radius 1 is 1.11 bits per heavy atom. The Bertz CT molecular complexity index is 1080. The molecule has 0 N–H and O–H groups in total. The highest BCUT2D eigenvalue weighted by Crippen LogP contribution is 2.40. The molecular weight excluding hydrogens is 376 g/mol. The highest BCUT2D eigenvalue weighted by atomic mass is 32.2. The molecule has 7 heteroatoms. The van der Waals surface area contributed by atoms with Gasteiger partial charge < -0.3 is 9.26 Å². The molecule has 28 heavy (non-hydrogen) atoms. The number of rotatable bonds is 4. The van der Waals surface area contributed by atoms with Crippen molar-refractivity contribution in [3.05, 3.63) is 76.7 Å². The Kier molecular flexibility index (Phi) is 4.72. The Morgan fingerprint density at radius 2 is 1.82 bits per heavy atom. The van der Waals surface area contributed by atoms with Gasteiger partial charge in [-0.15, -0.1) is 0 Å². The van der Waals surface area contributed by atoms with E-state index in [0.29, 0.717) is 24.4 Å². The average molecular weight is 398 g/mol. The zero-order chi connectivity index (χ0) is 19.9. The standard InChI is InChI=1S/C21H22N2O4S/c1-14-21(15(2)27-22-14)28(24,25)23-13-12-16-6-4-5-7-19(16)20(23)17-8-10-18(26-3)11-9-17/h4-11,20H,12-13H2,1-3H3. The summed E-state index contributed by atoms with van der Waals surface area (Å²) in [4.78, 5) is 0.158. The minimum atomic E-state index is -3.79. The molecule has 0 radical (unpaired) electrons. The highest BCUT2D eigenvalue weighted by Gasteiger charge is 2.40. The third-order valence-corrected chi connectivity index (χ3v) is 7.31. The lowest BCUT2D eigenvalue weighted by molar-refractivity contribution is 0.342. The summed E-state index contributed by atoms with van der Waals surface area (Å²) in [6, 6.07) is 15.1. The number of ether oxygens (including phenoxy) is 1. The lowest BCUT2D eigenvalue weighted by Gasteiger charge is -2.36. The molecular formula is C21H22N2O4S. The lowest BCUT2D eigenvalue weighted by atomic mass is 9.90. The fourth-order valence-corrected chi connectivity index (χ4v) is 5.78. The summed E-state index contributed by atoms with van der Waals surface area (Å²) in [5.74, 6) is 1.04. The minimum Gasteiger partial charge on any atom is -0.497 e. The molecule has 0 saturated heterocycles. The van der Waals surface area contributed by atoms with Crippen LogP contribution in [0.1, 0.15) is 34.2 Å². The van der Waals surface area contributed by atoms with Crippen molar-refractivity contribution < 1.29 is 17.7 Å². The normalized spacial score (nSPS) is 17.3. The van der Waals surface area contributed by atoms with Crippen LogP contribution >= 0.6 is 0 Å². The number of aryl methyl sites for hydroxylation is 2. The van der Waals surface area contributed by atoms with Crippen molar-refractivity contribution in [2.75, 3.05) is 13.7 Å². The van der Waals surface area contributed by atoms with Crippen LogP contribution in [0.5, 0.6) is 5.75 Å². The van der Waals surface area contributed by atoms with Gasteiger partial charge in [0.25, 0.3) is 0 Å². The summed E-state index contributed by atoms with van der Waals surface area (Å²) in [6.07, 6.45) is 0.658. The van der Waals surface area contributed by atoms with Gasteiger partial charge in [0, 0.05) is 6.54 Å². The van der Waals surface area contributed by atoms with E-state index in [0.717, 1.165) is 22.4 Å². The predicted octanol–water partition coefficient (Wildman–Crippen LogP) is 3.64. The maximum atomic E-state index is 13.6. The fourth-order valence-electron chi connectivity index (χ4n) is 3.89. The molecule has 0 bridgehead atoms. The van der Waals surface area contributed by atoms with Crippen molar-refractivity contribution >= 4 is 10.0 Å². The van der Waals surface area contributed by atoms with Gasteiger partial charge in [0.2, 0.25) is 10.0 Å². The first-order chi connectivity index (χ1) is 13.4. The van der Waals surface area contributed by atoms with E-state index in [4.69, 9.17) is 9.26 Å². The maximum Gasteiger partial charge on any atom is 0.249 e. The van der Waals surface area contributed by atoms with Crippen LogP contribution in [-0.2, 0) is 16.4 Å². The third-order valence-electron chi connectivity index (χ3n) is 5.21. The number of aromatic nitrogens is 1. The molecule has 1 aliphatic rings. The molecule has 0 fully saturated rings. The van der Waals surface area contributed by atoms with Gasteiger partial charge in [-0.25, -0.2) is 8.42 Å². The van der Waals surface area contributed by atoms with Crippen molar-refractivity contribution in [2.24, 2.45) is 0 Å². The molecule has 4 rings (SSSR count). The lowest BCUT2D eigenvalue weighted by Crippen LogP contribution is -2.40. The van der Waals surface area contributed by atoms with Crippen LogP contribution in [-0.4, -0.2) is 31.5 Å². The Balaban J connectivity index is 1.88. The van der Waals surface area contributed by atoms with Gasteiger partial charge in [-0.3, -0.25) is 0 Å². The van der Waals surface area contributed by atoms with Gasteiger partial charge in [0.05, 0.1) is 13.2 Å². The van der Waals surface area contributed by atoms with Gasteiger partial charge in [0.15, 0.2) is 5.76 Å². The smallest absolute Gasteiger partial charge is 0.249 e. The van der Waals surface area contributed by atoms with E-state index in [9.17, 15) is 8.42 Å². The number of methoxy groups -OCH3 is 1. The van der Waals surface area contributed by atoms with E-state index in [1.54, 1.807) is 25.3 Å².